The zero-order chi connectivity index (χ0) is 18.1. The first-order valence-electron chi connectivity index (χ1n) is 7.94. The highest BCUT2D eigenvalue weighted by Gasteiger charge is 2.37. The van der Waals surface area contributed by atoms with E-state index in [2.05, 4.69) is 5.16 Å². The second-order valence-corrected chi connectivity index (χ2v) is 6.02. The number of carbonyl (C=O) groups is 2. The van der Waals surface area contributed by atoms with Gasteiger partial charge in [-0.05, 0) is 44.0 Å². The van der Waals surface area contributed by atoms with Gasteiger partial charge in [-0.1, -0.05) is 5.16 Å². The van der Waals surface area contributed by atoms with Crippen molar-refractivity contribution in [3.63, 3.8) is 0 Å². The first-order valence-corrected chi connectivity index (χ1v) is 7.94. The van der Waals surface area contributed by atoms with Crippen molar-refractivity contribution >= 4 is 11.8 Å². The highest BCUT2D eigenvalue weighted by Crippen LogP contribution is 2.32. The molecular formula is C17H18FN3O4. The Morgan fingerprint density at radius 1 is 1.40 bits per heavy atom. The summed E-state index contributed by atoms with van der Waals surface area (Å²) in [4.78, 5) is 25.7. The van der Waals surface area contributed by atoms with E-state index >= 15 is 0 Å². The van der Waals surface area contributed by atoms with E-state index in [1.165, 1.54) is 36.1 Å². The second-order valence-electron chi connectivity index (χ2n) is 6.02. The molecule has 2 heterocycles. The fraction of sp³-hybridized carbons (Fsp3) is 0.353. The van der Waals surface area contributed by atoms with Gasteiger partial charge >= 0.3 is 0 Å². The molecular weight excluding hydrogens is 329 g/mol. The van der Waals surface area contributed by atoms with Gasteiger partial charge in [-0.25, -0.2) is 4.39 Å². The van der Waals surface area contributed by atoms with Gasteiger partial charge < -0.3 is 20.3 Å². The molecule has 1 aromatic heterocycles. The van der Waals surface area contributed by atoms with Gasteiger partial charge in [0.2, 0.25) is 11.7 Å². The fourth-order valence-electron chi connectivity index (χ4n) is 3.09. The van der Waals surface area contributed by atoms with Gasteiger partial charge in [0, 0.05) is 12.1 Å². The van der Waals surface area contributed by atoms with Crippen LogP contribution in [0.15, 0.2) is 28.8 Å². The van der Waals surface area contributed by atoms with Gasteiger partial charge in [0.1, 0.15) is 17.6 Å². The van der Waals surface area contributed by atoms with E-state index < -0.39 is 29.8 Å². The predicted octanol–water partition coefficient (Wildman–Crippen LogP) is 1.62. The van der Waals surface area contributed by atoms with E-state index in [1.54, 1.807) is 0 Å². The maximum atomic E-state index is 13.1. The number of carbonyl (C=O) groups excluding carboxylic acids is 2. The number of rotatable bonds is 4. The van der Waals surface area contributed by atoms with Gasteiger partial charge in [0.05, 0.1) is 11.7 Å². The summed E-state index contributed by atoms with van der Waals surface area (Å²) < 4.78 is 18.3. The average molecular weight is 347 g/mol. The molecule has 2 amide bonds. The lowest BCUT2D eigenvalue weighted by Gasteiger charge is -2.21. The standard InChI is InChI=1S/C17H18FN3O4/c1-9(22)13-14(10-4-6-11(18)7-5-10)20-25-15(13)17(24)21-8-2-3-12(21)16(19)23/h4-7,9,12,22H,2-3,8H2,1H3,(H2,19,23)/t9-,12-/m0/s1. The van der Waals surface area contributed by atoms with Crippen LogP contribution in [0.4, 0.5) is 4.39 Å². The molecule has 0 spiro atoms. The highest BCUT2D eigenvalue weighted by molar-refractivity contribution is 5.98. The first-order chi connectivity index (χ1) is 11.9. The van der Waals surface area contributed by atoms with Crippen molar-refractivity contribution in [2.45, 2.75) is 31.9 Å². The minimum absolute atomic E-state index is 0.137. The average Bonchev–Trinajstić information content (AvgIpc) is 3.22. The predicted molar refractivity (Wildman–Crippen MR) is 85.8 cm³/mol. The van der Waals surface area contributed by atoms with Gasteiger partial charge in [-0.3, -0.25) is 9.59 Å². The molecule has 1 aromatic carbocycles. The minimum atomic E-state index is -1.04. The molecule has 0 bridgehead atoms. The fourth-order valence-corrected chi connectivity index (χ4v) is 3.09. The van der Waals surface area contributed by atoms with E-state index in [-0.39, 0.29) is 17.0 Å². The molecule has 1 saturated heterocycles. The van der Waals surface area contributed by atoms with Crippen LogP contribution in [0, 0.1) is 5.82 Å². The summed E-state index contributed by atoms with van der Waals surface area (Å²) in [6.45, 7) is 1.85. The number of hydrogen-bond donors (Lipinski definition) is 2. The smallest absolute Gasteiger partial charge is 0.293 e. The Kier molecular flexibility index (Phi) is 4.54. The van der Waals surface area contributed by atoms with E-state index in [0.717, 1.165) is 0 Å². The third-order valence-corrected chi connectivity index (χ3v) is 4.30. The number of primary amides is 1. The Bertz CT molecular complexity index is 801. The zero-order valence-electron chi connectivity index (χ0n) is 13.6. The van der Waals surface area contributed by atoms with Crippen LogP contribution in [0.2, 0.25) is 0 Å². The van der Waals surface area contributed by atoms with E-state index in [4.69, 9.17) is 10.3 Å². The molecule has 0 aliphatic carbocycles. The number of nitrogens with two attached hydrogens (primary N) is 1. The quantitative estimate of drug-likeness (QED) is 0.873. The van der Waals surface area contributed by atoms with Crippen LogP contribution in [-0.2, 0) is 4.79 Å². The molecule has 2 aromatic rings. The van der Waals surface area contributed by atoms with Crippen molar-refractivity contribution in [1.82, 2.24) is 10.1 Å². The molecule has 1 aliphatic heterocycles. The van der Waals surface area contributed by atoms with Crippen molar-refractivity contribution in [3.8, 4) is 11.3 Å². The molecule has 2 atom stereocenters. The topological polar surface area (TPSA) is 110 Å². The highest BCUT2D eigenvalue weighted by atomic mass is 19.1. The van der Waals surface area contributed by atoms with E-state index in [1.807, 2.05) is 0 Å². The first kappa shape index (κ1) is 17.1. The SMILES string of the molecule is C[C@H](O)c1c(-c2ccc(F)cc2)noc1C(=O)N1CCC[C@H]1C(N)=O. The Labute approximate surface area is 143 Å². The second kappa shape index (κ2) is 6.64. The molecule has 132 valence electrons. The molecule has 25 heavy (non-hydrogen) atoms. The van der Waals surface area contributed by atoms with E-state index in [9.17, 15) is 19.1 Å². The Hall–Kier alpha value is -2.74. The summed E-state index contributed by atoms with van der Waals surface area (Å²) in [7, 11) is 0. The summed E-state index contributed by atoms with van der Waals surface area (Å²) in [5, 5.41) is 14.0. The molecule has 7 nitrogen and oxygen atoms in total. The summed E-state index contributed by atoms with van der Waals surface area (Å²) in [6.07, 6.45) is 0.103. The molecule has 0 saturated carbocycles. The number of aliphatic hydroxyl groups excluding tert-OH is 1. The van der Waals surface area contributed by atoms with E-state index in [0.29, 0.717) is 24.9 Å². The number of likely N-dealkylation sites (tertiary alicyclic amines) is 1. The Morgan fingerprint density at radius 2 is 2.08 bits per heavy atom. The zero-order valence-corrected chi connectivity index (χ0v) is 13.6. The van der Waals surface area contributed by atoms with Crippen molar-refractivity contribution < 1.29 is 23.6 Å². The number of benzene rings is 1. The van der Waals surface area contributed by atoms with Crippen LogP contribution in [0.5, 0.6) is 0 Å². The number of aliphatic hydroxyl groups is 1. The number of amides is 2. The van der Waals surface area contributed by atoms with Crippen LogP contribution < -0.4 is 5.73 Å². The monoisotopic (exact) mass is 347 g/mol. The van der Waals surface area contributed by atoms with Crippen LogP contribution >= 0.6 is 0 Å². The lowest BCUT2D eigenvalue weighted by Crippen LogP contribution is -2.43. The summed E-state index contributed by atoms with van der Waals surface area (Å²) in [6, 6.07) is 4.76. The van der Waals surface area contributed by atoms with Crippen LogP contribution in [-0.4, -0.2) is 39.6 Å². The Morgan fingerprint density at radius 3 is 2.68 bits per heavy atom. The van der Waals surface area contributed by atoms with Crippen molar-refractivity contribution in [2.75, 3.05) is 6.54 Å². The molecule has 0 radical (unpaired) electrons. The van der Waals surface area contributed by atoms with Crippen LogP contribution in [0.1, 0.15) is 42.0 Å². The molecule has 8 heteroatoms. The third kappa shape index (κ3) is 3.12. The van der Waals surface area contributed by atoms with Crippen molar-refractivity contribution in [2.24, 2.45) is 5.73 Å². The molecule has 1 fully saturated rings. The normalized spacial score (nSPS) is 18.4. The molecule has 3 N–H and O–H groups in total. The van der Waals surface area contributed by atoms with Crippen molar-refractivity contribution in [1.29, 1.82) is 0 Å². The maximum absolute atomic E-state index is 13.1. The van der Waals surface area contributed by atoms with Gasteiger partial charge in [0.15, 0.2) is 0 Å². The minimum Gasteiger partial charge on any atom is -0.388 e. The third-order valence-electron chi connectivity index (χ3n) is 4.30. The van der Waals surface area contributed by atoms with Gasteiger partial charge in [-0.2, -0.15) is 0 Å². The largest absolute Gasteiger partial charge is 0.388 e. The maximum Gasteiger partial charge on any atom is 0.293 e. The molecule has 1 aliphatic rings. The number of nitrogens with zero attached hydrogens (tertiary/aromatic N) is 2. The van der Waals surface area contributed by atoms with Gasteiger partial charge in [-0.15, -0.1) is 0 Å². The summed E-state index contributed by atoms with van der Waals surface area (Å²) in [5.74, 6) is -1.67. The lowest BCUT2D eigenvalue weighted by molar-refractivity contribution is -0.121. The van der Waals surface area contributed by atoms with Crippen LogP contribution in [0.3, 0.4) is 0 Å². The number of aromatic nitrogens is 1. The van der Waals surface area contributed by atoms with Gasteiger partial charge in [0.25, 0.3) is 5.91 Å². The summed E-state index contributed by atoms with van der Waals surface area (Å²) in [5.41, 5.74) is 6.31. The Balaban J connectivity index is 2.01. The molecule has 0 unspecified atom stereocenters. The lowest BCUT2D eigenvalue weighted by atomic mass is 10.0. The summed E-state index contributed by atoms with van der Waals surface area (Å²) >= 11 is 0. The number of hydrogen-bond acceptors (Lipinski definition) is 5. The van der Waals surface area contributed by atoms with Crippen LogP contribution in [0.25, 0.3) is 11.3 Å². The van der Waals surface area contributed by atoms with Crippen molar-refractivity contribution in [3.05, 3.63) is 41.4 Å². The molecule has 3 rings (SSSR count). The number of halogens is 1.